The zero-order chi connectivity index (χ0) is 13.9. The van der Waals surface area contributed by atoms with Crippen LogP contribution in [0, 0.1) is 17.8 Å². The van der Waals surface area contributed by atoms with Crippen LogP contribution < -0.4 is 5.32 Å². The monoisotopic (exact) mass is 267 g/mol. The van der Waals surface area contributed by atoms with Gasteiger partial charge in [0.1, 0.15) is 0 Å². The molecule has 2 heteroatoms. The predicted octanol–water partition coefficient (Wildman–Crippen LogP) is 4.00. The van der Waals surface area contributed by atoms with E-state index >= 15 is 0 Å². The van der Waals surface area contributed by atoms with Gasteiger partial charge in [-0.1, -0.05) is 20.8 Å². The lowest BCUT2D eigenvalue weighted by atomic mass is 9.77. The standard InChI is InChI=1S/C17H33NO/c1-13-5-7-17(8-6-13,12-18-4)19-16-10-14(2)9-15(3)11-16/h13-16,18H,5-12H2,1-4H3. The lowest BCUT2D eigenvalue weighted by Gasteiger charge is -2.44. The molecule has 0 saturated heterocycles. The first kappa shape index (κ1) is 15.3. The van der Waals surface area contributed by atoms with Crippen LogP contribution in [0.1, 0.15) is 65.7 Å². The fourth-order valence-corrected chi connectivity index (χ4v) is 4.27. The van der Waals surface area contributed by atoms with Gasteiger partial charge in [0, 0.05) is 6.54 Å². The maximum Gasteiger partial charge on any atom is 0.0810 e. The smallest absolute Gasteiger partial charge is 0.0810 e. The molecule has 0 aromatic heterocycles. The Bertz CT molecular complexity index is 260. The number of nitrogens with one attached hydrogen (secondary N) is 1. The van der Waals surface area contributed by atoms with Crippen LogP contribution in [0.15, 0.2) is 0 Å². The fourth-order valence-electron chi connectivity index (χ4n) is 4.27. The van der Waals surface area contributed by atoms with Gasteiger partial charge in [-0.3, -0.25) is 0 Å². The second kappa shape index (κ2) is 6.58. The van der Waals surface area contributed by atoms with Gasteiger partial charge < -0.3 is 10.1 Å². The molecule has 0 bridgehead atoms. The van der Waals surface area contributed by atoms with E-state index in [-0.39, 0.29) is 5.60 Å². The Morgan fingerprint density at radius 2 is 1.53 bits per heavy atom. The first-order valence-corrected chi connectivity index (χ1v) is 8.35. The van der Waals surface area contributed by atoms with Gasteiger partial charge in [0.15, 0.2) is 0 Å². The van der Waals surface area contributed by atoms with Crippen LogP contribution in [-0.4, -0.2) is 25.3 Å². The van der Waals surface area contributed by atoms with Gasteiger partial charge in [-0.05, 0) is 69.7 Å². The van der Waals surface area contributed by atoms with Gasteiger partial charge in [0.2, 0.25) is 0 Å². The molecular formula is C17H33NO. The predicted molar refractivity (Wildman–Crippen MR) is 81.3 cm³/mol. The SMILES string of the molecule is CNCC1(OC2CC(C)CC(C)C2)CCC(C)CC1. The summed E-state index contributed by atoms with van der Waals surface area (Å²) in [6.07, 6.45) is 9.58. The Hall–Kier alpha value is -0.0800. The maximum absolute atomic E-state index is 6.69. The van der Waals surface area contributed by atoms with E-state index in [9.17, 15) is 0 Å². The Morgan fingerprint density at radius 1 is 0.947 bits per heavy atom. The molecule has 0 spiro atoms. The molecule has 2 saturated carbocycles. The molecule has 112 valence electrons. The summed E-state index contributed by atoms with van der Waals surface area (Å²) in [5, 5.41) is 3.38. The van der Waals surface area contributed by atoms with Crippen molar-refractivity contribution in [2.24, 2.45) is 17.8 Å². The number of rotatable bonds is 4. The van der Waals surface area contributed by atoms with E-state index in [1.165, 1.54) is 44.9 Å². The van der Waals surface area contributed by atoms with Crippen LogP contribution in [-0.2, 0) is 4.74 Å². The molecule has 0 amide bonds. The van der Waals surface area contributed by atoms with Crippen molar-refractivity contribution in [2.45, 2.75) is 77.4 Å². The van der Waals surface area contributed by atoms with Crippen LogP contribution in [0.25, 0.3) is 0 Å². The molecule has 2 atom stereocenters. The van der Waals surface area contributed by atoms with Crippen molar-refractivity contribution in [2.75, 3.05) is 13.6 Å². The zero-order valence-corrected chi connectivity index (χ0v) is 13.4. The first-order chi connectivity index (χ1) is 9.03. The minimum absolute atomic E-state index is 0.128. The van der Waals surface area contributed by atoms with Crippen LogP contribution in [0.3, 0.4) is 0 Å². The van der Waals surface area contributed by atoms with Crippen LogP contribution in [0.5, 0.6) is 0 Å². The Labute approximate surface area is 119 Å². The summed E-state index contributed by atoms with van der Waals surface area (Å²) >= 11 is 0. The molecule has 1 N–H and O–H groups in total. The van der Waals surface area contributed by atoms with Crippen LogP contribution >= 0.6 is 0 Å². The summed E-state index contributed by atoms with van der Waals surface area (Å²) in [4.78, 5) is 0. The molecule has 19 heavy (non-hydrogen) atoms. The van der Waals surface area contributed by atoms with Crippen molar-refractivity contribution in [1.29, 1.82) is 0 Å². The van der Waals surface area contributed by atoms with E-state index in [2.05, 4.69) is 33.1 Å². The van der Waals surface area contributed by atoms with Crippen molar-refractivity contribution in [3.63, 3.8) is 0 Å². The molecule has 0 heterocycles. The molecule has 0 radical (unpaired) electrons. The van der Waals surface area contributed by atoms with Crippen molar-refractivity contribution in [3.05, 3.63) is 0 Å². The van der Waals surface area contributed by atoms with Crippen molar-refractivity contribution >= 4 is 0 Å². The maximum atomic E-state index is 6.69. The van der Waals surface area contributed by atoms with E-state index in [0.717, 1.165) is 24.3 Å². The van der Waals surface area contributed by atoms with Gasteiger partial charge >= 0.3 is 0 Å². The van der Waals surface area contributed by atoms with E-state index in [4.69, 9.17) is 4.74 Å². The fraction of sp³-hybridized carbons (Fsp3) is 1.00. The Kier molecular flexibility index (Phi) is 5.30. The third-order valence-electron chi connectivity index (χ3n) is 5.24. The van der Waals surface area contributed by atoms with Gasteiger partial charge in [0.05, 0.1) is 11.7 Å². The van der Waals surface area contributed by atoms with E-state index in [1.54, 1.807) is 0 Å². The van der Waals surface area contributed by atoms with Gasteiger partial charge in [-0.2, -0.15) is 0 Å². The third-order valence-corrected chi connectivity index (χ3v) is 5.24. The van der Waals surface area contributed by atoms with E-state index in [1.807, 2.05) is 0 Å². The molecule has 2 aliphatic rings. The molecule has 2 nitrogen and oxygen atoms in total. The normalized spacial score (nSPS) is 44.2. The average molecular weight is 267 g/mol. The molecule has 2 fully saturated rings. The lowest BCUT2D eigenvalue weighted by molar-refractivity contribution is -0.135. The number of likely N-dealkylation sites (N-methyl/N-ethyl adjacent to an activating group) is 1. The van der Waals surface area contributed by atoms with Crippen molar-refractivity contribution in [3.8, 4) is 0 Å². The second-order valence-corrected chi connectivity index (χ2v) is 7.55. The van der Waals surface area contributed by atoms with E-state index < -0.39 is 0 Å². The molecule has 2 unspecified atom stereocenters. The molecule has 0 aliphatic heterocycles. The summed E-state index contributed by atoms with van der Waals surface area (Å²) in [5.41, 5.74) is 0.128. The second-order valence-electron chi connectivity index (χ2n) is 7.55. The zero-order valence-electron chi connectivity index (χ0n) is 13.4. The number of hydrogen-bond acceptors (Lipinski definition) is 2. The summed E-state index contributed by atoms with van der Waals surface area (Å²) in [5.74, 6) is 2.56. The minimum Gasteiger partial charge on any atom is -0.370 e. The van der Waals surface area contributed by atoms with Crippen molar-refractivity contribution < 1.29 is 4.74 Å². The Morgan fingerprint density at radius 3 is 2.05 bits per heavy atom. The Balaban J connectivity index is 1.96. The summed E-state index contributed by atoms with van der Waals surface area (Å²) in [6.45, 7) is 8.19. The topological polar surface area (TPSA) is 21.3 Å². The van der Waals surface area contributed by atoms with Crippen LogP contribution in [0.4, 0.5) is 0 Å². The molecule has 0 aromatic carbocycles. The van der Waals surface area contributed by atoms with Gasteiger partial charge in [-0.25, -0.2) is 0 Å². The third kappa shape index (κ3) is 4.19. The molecule has 2 rings (SSSR count). The highest BCUT2D eigenvalue weighted by molar-refractivity contribution is 4.90. The summed E-state index contributed by atoms with van der Waals surface area (Å²) in [6, 6.07) is 0. The molecule has 0 aromatic rings. The van der Waals surface area contributed by atoms with Gasteiger partial charge in [0.25, 0.3) is 0 Å². The minimum atomic E-state index is 0.128. The largest absolute Gasteiger partial charge is 0.370 e. The average Bonchev–Trinajstić information content (AvgIpc) is 2.32. The summed E-state index contributed by atoms with van der Waals surface area (Å²) < 4.78 is 6.69. The van der Waals surface area contributed by atoms with E-state index in [0.29, 0.717) is 6.10 Å². The number of ether oxygens (including phenoxy) is 1. The lowest BCUT2D eigenvalue weighted by Crippen LogP contribution is -2.48. The highest BCUT2D eigenvalue weighted by Crippen LogP contribution is 2.39. The highest BCUT2D eigenvalue weighted by atomic mass is 16.5. The van der Waals surface area contributed by atoms with Crippen LogP contribution in [0.2, 0.25) is 0 Å². The highest BCUT2D eigenvalue weighted by Gasteiger charge is 2.38. The first-order valence-electron chi connectivity index (χ1n) is 8.35. The quantitative estimate of drug-likeness (QED) is 0.831. The molecular weight excluding hydrogens is 234 g/mol. The van der Waals surface area contributed by atoms with Gasteiger partial charge in [-0.15, -0.1) is 0 Å². The summed E-state index contributed by atoms with van der Waals surface area (Å²) in [7, 11) is 2.06. The van der Waals surface area contributed by atoms with Crippen molar-refractivity contribution in [1.82, 2.24) is 5.32 Å². The number of hydrogen-bond donors (Lipinski definition) is 1. The molecule has 2 aliphatic carbocycles.